The summed E-state index contributed by atoms with van der Waals surface area (Å²) in [6.45, 7) is 3.47. The fraction of sp³-hybridized carbons (Fsp3) is 0.364. The number of amides is 1. The van der Waals surface area contributed by atoms with Crippen LogP contribution in [-0.2, 0) is 4.79 Å². The monoisotopic (exact) mass is 208 g/mol. The second kappa shape index (κ2) is 4.79. The Labute approximate surface area is 89.1 Å². The van der Waals surface area contributed by atoms with Crippen LogP contribution in [0, 0.1) is 0 Å². The minimum atomic E-state index is -0.523. The van der Waals surface area contributed by atoms with Gasteiger partial charge in [-0.3, -0.25) is 4.79 Å². The average Bonchev–Trinajstić information content (AvgIpc) is 2.17. The second-order valence-corrected chi connectivity index (χ2v) is 3.61. The molecule has 1 aromatic rings. The molecule has 0 saturated heterocycles. The van der Waals surface area contributed by atoms with Gasteiger partial charge in [0.1, 0.15) is 5.75 Å². The molecule has 82 valence electrons. The summed E-state index contributed by atoms with van der Waals surface area (Å²) >= 11 is 0. The van der Waals surface area contributed by atoms with E-state index in [0.29, 0.717) is 0 Å². The number of phenols is 1. The molecule has 4 N–H and O–H groups in total. The van der Waals surface area contributed by atoms with Crippen LogP contribution in [0.2, 0.25) is 0 Å². The molecule has 1 amide bonds. The average molecular weight is 208 g/mol. The molecule has 0 bridgehead atoms. The largest absolute Gasteiger partial charge is 0.508 e. The van der Waals surface area contributed by atoms with E-state index < -0.39 is 6.04 Å². The molecular weight excluding hydrogens is 192 g/mol. The third kappa shape index (κ3) is 3.25. The Bertz CT molecular complexity index is 350. The molecule has 4 nitrogen and oxygen atoms in total. The Morgan fingerprint density at radius 1 is 1.47 bits per heavy atom. The van der Waals surface area contributed by atoms with Crippen molar-refractivity contribution in [3.8, 4) is 5.75 Å². The Balaban J connectivity index is 2.69. The highest BCUT2D eigenvalue weighted by atomic mass is 16.3. The quantitative estimate of drug-likeness (QED) is 0.691. The van der Waals surface area contributed by atoms with E-state index in [1.165, 1.54) is 0 Å². The number of hydrogen-bond donors (Lipinski definition) is 3. The van der Waals surface area contributed by atoms with Gasteiger partial charge < -0.3 is 16.2 Å². The van der Waals surface area contributed by atoms with Crippen LogP contribution >= 0.6 is 0 Å². The van der Waals surface area contributed by atoms with Crippen molar-refractivity contribution in [3.63, 3.8) is 0 Å². The topological polar surface area (TPSA) is 75.4 Å². The van der Waals surface area contributed by atoms with Crippen molar-refractivity contribution >= 4 is 5.91 Å². The van der Waals surface area contributed by atoms with Crippen LogP contribution in [-0.4, -0.2) is 17.1 Å². The maximum atomic E-state index is 11.3. The van der Waals surface area contributed by atoms with Gasteiger partial charge in [-0.05, 0) is 31.5 Å². The van der Waals surface area contributed by atoms with E-state index in [9.17, 15) is 9.90 Å². The van der Waals surface area contributed by atoms with Gasteiger partial charge in [0.25, 0.3) is 0 Å². The maximum Gasteiger partial charge on any atom is 0.237 e. The number of nitrogens with one attached hydrogen (secondary N) is 1. The van der Waals surface area contributed by atoms with Crippen molar-refractivity contribution in [1.29, 1.82) is 0 Å². The fourth-order valence-corrected chi connectivity index (χ4v) is 1.22. The highest BCUT2D eigenvalue weighted by Crippen LogP contribution is 2.17. The van der Waals surface area contributed by atoms with E-state index in [0.717, 1.165) is 5.56 Å². The van der Waals surface area contributed by atoms with Crippen LogP contribution in [0.1, 0.15) is 25.5 Å². The van der Waals surface area contributed by atoms with E-state index >= 15 is 0 Å². The molecule has 15 heavy (non-hydrogen) atoms. The molecule has 0 fully saturated rings. The van der Waals surface area contributed by atoms with Gasteiger partial charge in [0.15, 0.2) is 0 Å². The van der Waals surface area contributed by atoms with Gasteiger partial charge in [0.05, 0.1) is 12.1 Å². The molecule has 0 heterocycles. The van der Waals surface area contributed by atoms with Gasteiger partial charge in [0, 0.05) is 0 Å². The van der Waals surface area contributed by atoms with E-state index in [4.69, 9.17) is 5.73 Å². The first-order chi connectivity index (χ1) is 7.00. The SMILES string of the molecule is CC(NC(=O)[C@H](C)N)c1cccc(O)c1. The zero-order valence-electron chi connectivity index (χ0n) is 8.90. The lowest BCUT2D eigenvalue weighted by molar-refractivity contribution is -0.122. The number of carbonyl (C=O) groups excluding carboxylic acids is 1. The summed E-state index contributed by atoms with van der Waals surface area (Å²) < 4.78 is 0. The third-order valence-electron chi connectivity index (χ3n) is 2.14. The first kappa shape index (κ1) is 11.5. The van der Waals surface area contributed by atoms with Crippen molar-refractivity contribution in [1.82, 2.24) is 5.32 Å². The Morgan fingerprint density at radius 3 is 2.67 bits per heavy atom. The standard InChI is InChI=1S/C11H16N2O2/c1-7(12)11(15)13-8(2)9-4-3-5-10(14)6-9/h3-8,14H,12H2,1-2H3,(H,13,15)/t7-,8?/m0/s1. The lowest BCUT2D eigenvalue weighted by Gasteiger charge is -2.15. The van der Waals surface area contributed by atoms with E-state index in [2.05, 4.69) is 5.32 Å². The van der Waals surface area contributed by atoms with Crippen LogP contribution < -0.4 is 11.1 Å². The third-order valence-corrected chi connectivity index (χ3v) is 2.14. The van der Waals surface area contributed by atoms with Crippen molar-refractivity contribution in [2.75, 3.05) is 0 Å². The first-order valence-electron chi connectivity index (χ1n) is 4.85. The molecule has 1 rings (SSSR count). The predicted octanol–water partition coefficient (Wildman–Crippen LogP) is 0.917. The van der Waals surface area contributed by atoms with Gasteiger partial charge in [0.2, 0.25) is 5.91 Å². The van der Waals surface area contributed by atoms with E-state index in [1.807, 2.05) is 13.0 Å². The van der Waals surface area contributed by atoms with Crippen molar-refractivity contribution in [2.24, 2.45) is 5.73 Å². The zero-order valence-corrected chi connectivity index (χ0v) is 8.90. The molecule has 2 atom stereocenters. The van der Waals surface area contributed by atoms with Crippen LogP contribution in [0.15, 0.2) is 24.3 Å². The normalized spacial score (nSPS) is 14.3. The molecular formula is C11H16N2O2. The van der Waals surface area contributed by atoms with E-state index in [-0.39, 0.29) is 17.7 Å². The minimum absolute atomic E-state index is 0.157. The van der Waals surface area contributed by atoms with Gasteiger partial charge in [-0.1, -0.05) is 12.1 Å². The predicted molar refractivity (Wildman–Crippen MR) is 58.3 cm³/mol. The summed E-state index contributed by atoms with van der Waals surface area (Å²) in [5, 5.41) is 12.0. The van der Waals surface area contributed by atoms with Crippen LogP contribution in [0.3, 0.4) is 0 Å². The summed E-state index contributed by atoms with van der Waals surface area (Å²) in [6.07, 6.45) is 0. The fourth-order valence-electron chi connectivity index (χ4n) is 1.22. The van der Waals surface area contributed by atoms with E-state index in [1.54, 1.807) is 25.1 Å². The molecule has 0 radical (unpaired) electrons. The van der Waals surface area contributed by atoms with Crippen molar-refractivity contribution in [2.45, 2.75) is 25.9 Å². The number of benzene rings is 1. The molecule has 1 unspecified atom stereocenters. The summed E-state index contributed by atoms with van der Waals surface area (Å²) in [5.41, 5.74) is 6.28. The van der Waals surface area contributed by atoms with Gasteiger partial charge >= 0.3 is 0 Å². The number of rotatable bonds is 3. The molecule has 0 aromatic heterocycles. The highest BCUT2D eigenvalue weighted by Gasteiger charge is 2.12. The van der Waals surface area contributed by atoms with Crippen molar-refractivity contribution < 1.29 is 9.90 Å². The van der Waals surface area contributed by atoms with Crippen LogP contribution in [0.25, 0.3) is 0 Å². The Kier molecular flexibility index (Phi) is 3.68. The summed E-state index contributed by atoms with van der Waals surface area (Å²) in [5.74, 6) is -0.0137. The second-order valence-electron chi connectivity index (χ2n) is 3.61. The lowest BCUT2D eigenvalue weighted by atomic mass is 10.1. The zero-order chi connectivity index (χ0) is 11.4. The number of nitrogens with two attached hydrogens (primary N) is 1. The summed E-state index contributed by atoms with van der Waals surface area (Å²) in [7, 11) is 0. The Morgan fingerprint density at radius 2 is 2.13 bits per heavy atom. The summed E-state index contributed by atoms with van der Waals surface area (Å²) in [4.78, 5) is 11.3. The lowest BCUT2D eigenvalue weighted by Crippen LogP contribution is -2.39. The van der Waals surface area contributed by atoms with Crippen LogP contribution in [0.4, 0.5) is 0 Å². The molecule has 4 heteroatoms. The minimum Gasteiger partial charge on any atom is -0.508 e. The van der Waals surface area contributed by atoms with Gasteiger partial charge in [-0.2, -0.15) is 0 Å². The molecule has 0 aliphatic carbocycles. The first-order valence-corrected chi connectivity index (χ1v) is 4.85. The molecule has 1 aromatic carbocycles. The number of hydrogen-bond acceptors (Lipinski definition) is 3. The number of carbonyl (C=O) groups is 1. The molecule has 0 aliphatic heterocycles. The highest BCUT2D eigenvalue weighted by molar-refractivity contribution is 5.81. The number of aromatic hydroxyl groups is 1. The van der Waals surface area contributed by atoms with Crippen molar-refractivity contribution in [3.05, 3.63) is 29.8 Å². The maximum absolute atomic E-state index is 11.3. The molecule has 0 spiro atoms. The smallest absolute Gasteiger partial charge is 0.237 e. The van der Waals surface area contributed by atoms with Gasteiger partial charge in [-0.15, -0.1) is 0 Å². The Hall–Kier alpha value is -1.55. The number of phenolic OH excluding ortho intramolecular Hbond substituents is 1. The summed E-state index contributed by atoms with van der Waals surface area (Å²) in [6, 6.07) is 6.10. The van der Waals surface area contributed by atoms with Crippen LogP contribution in [0.5, 0.6) is 5.75 Å². The van der Waals surface area contributed by atoms with Gasteiger partial charge in [-0.25, -0.2) is 0 Å². The molecule has 0 saturated carbocycles. The molecule has 0 aliphatic rings.